The topological polar surface area (TPSA) is 79.8 Å². The molecule has 1 heterocycles. The van der Waals surface area contributed by atoms with Gasteiger partial charge in [-0.1, -0.05) is 60.7 Å². The largest absolute Gasteiger partial charge is 0.489 e. The average Bonchev–Trinajstić information content (AvgIpc) is 3.21. The summed E-state index contributed by atoms with van der Waals surface area (Å²) in [7, 11) is 0. The van der Waals surface area contributed by atoms with Gasteiger partial charge in [0, 0.05) is 12.5 Å². The molecule has 0 aromatic heterocycles. The summed E-state index contributed by atoms with van der Waals surface area (Å²) in [6.07, 6.45) is 1.54. The molecule has 2 atom stereocenters. The fourth-order valence-corrected chi connectivity index (χ4v) is 3.56. The number of hydrogen-bond acceptors (Lipinski definition) is 4. The lowest BCUT2D eigenvalue weighted by Crippen LogP contribution is -2.34. The second-order valence-corrected chi connectivity index (χ2v) is 7.32. The Morgan fingerprint density at radius 3 is 2.39 bits per heavy atom. The first-order chi connectivity index (χ1) is 15.2. The molecule has 1 fully saturated rings. The fraction of sp³-hybridized carbons (Fsp3) is 0.160. The van der Waals surface area contributed by atoms with Crippen LogP contribution in [0.3, 0.4) is 0 Å². The van der Waals surface area contributed by atoms with Crippen LogP contribution in [-0.4, -0.2) is 24.6 Å². The lowest BCUT2D eigenvalue weighted by Gasteiger charge is -2.15. The van der Waals surface area contributed by atoms with Gasteiger partial charge in [0.1, 0.15) is 18.3 Å². The molecule has 0 bridgehead atoms. The summed E-state index contributed by atoms with van der Waals surface area (Å²) in [6.45, 7) is 0.936. The molecular formula is C25H23N3O3. The van der Waals surface area contributed by atoms with Crippen molar-refractivity contribution < 1.29 is 14.3 Å². The molecule has 0 radical (unpaired) electrons. The molecule has 31 heavy (non-hydrogen) atoms. The van der Waals surface area contributed by atoms with E-state index in [0.29, 0.717) is 13.2 Å². The van der Waals surface area contributed by atoms with Gasteiger partial charge in [0.05, 0.1) is 6.21 Å². The molecule has 0 spiro atoms. The van der Waals surface area contributed by atoms with Crippen molar-refractivity contribution in [3.63, 3.8) is 0 Å². The maximum Gasteiger partial charge on any atom is 0.253 e. The minimum absolute atomic E-state index is 0.204. The third kappa shape index (κ3) is 5.17. The van der Waals surface area contributed by atoms with Gasteiger partial charge in [-0.25, -0.2) is 5.43 Å². The van der Waals surface area contributed by atoms with Gasteiger partial charge in [0.25, 0.3) is 5.91 Å². The molecule has 3 aromatic carbocycles. The predicted molar refractivity (Wildman–Crippen MR) is 119 cm³/mol. The molecule has 1 aliphatic rings. The Labute approximate surface area is 180 Å². The van der Waals surface area contributed by atoms with Crippen molar-refractivity contribution in [1.82, 2.24) is 10.7 Å². The molecule has 1 aliphatic heterocycles. The van der Waals surface area contributed by atoms with Gasteiger partial charge in [0.2, 0.25) is 5.91 Å². The van der Waals surface area contributed by atoms with E-state index in [1.807, 2.05) is 84.9 Å². The van der Waals surface area contributed by atoms with Gasteiger partial charge in [-0.3, -0.25) is 9.59 Å². The minimum Gasteiger partial charge on any atom is -0.489 e. The number of carbonyl (C=O) groups excluding carboxylic acids is 2. The van der Waals surface area contributed by atoms with Gasteiger partial charge < -0.3 is 10.1 Å². The van der Waals surface area contributed by atoms with Crippen LogP contribution in [0.25, 0.3) is 0 Å². The van der Waals surface area contributed by atoms with Gasteiger partial charge in [-0.15, -0.1) is 0 Å². The number of carbonyl (C=O) groups is 2. The average molecular weight is 413 g/mol. The summed E-state index contributed by atoms with van der Waals surface area (Å²) >= 11 is 0. The number of ether oxygens (including phenoxy) is 1. The monoisotopic (exact) mass is 413 g/mol. The van der Waals surface area contributed by atoms with E-state index in [4.69, 9.17) is 4.74 Å². The maximum absolute atomic E-state index is 12.6. The van der Waals surface area contributed by atoms with E-state index in [9.17, 15) is 9.59 Å². The third-order valence-electron chi connectivity index (χ3n) is 5.21. The summed E-state index contributed by atoms with van der Waals surface area (Å²) < 4.78 is 5.76. The normalized spacial score (nSPS) is 18.0. The smallest absolute Gasteiger partial charge is 0.253 e. The van der Waals surface area contributed by atoms with Crippen molar-refractivity contribution in [2.24, 2.45) is 11.0 Å². The first-order valence-corrected chi connectivity index (χ1v) is 10.1. The summed E-state index contributed by atoms with van der Waals surface area (Å²) in [5.74, 6) is -0.944. The van der Waals surface area contributed by atoms with Gasteiger partial charge >= 0.3 is 0 Å². The van der Waals surface area contributed by atoms with E-state index in [1.54, 1.807) is 6.21 Å². The first kappa shape index (κ1) is 20.3. The van der Waals surface area contributed by atoms with Crippen molar-refractivity contribution in [1.29, 1.82) is 0 Å². The molecular weight excluding hydrogens is 390 g/mol. The lowest BCUT2D eigenvalue weighted by molar-refractivity contribution is -0.133. The molecule has 0 saturated carbocycles. The molecule has 6 heteroatoms. The van der Waals surface area contributed by atoms with E-state index < -0.39 is 11.8 Å². The number of hydrogen-bond donors (Lipinski definition) is 2. The minimum atomic E-state index is -0.798. The van der Waals surface area contributed by atoms with Gasteiger partial charge in [0.15, 0.2) is 0 Å². The van der Waals surface area contributed by atoms with Crippen LogP contribution < -0.4 is 15.5 Å². The Hall–Kier alpha value is -3.93. The number of nitrogens with zero attached hydrogens (tertiary/aromatic N) is 1. The van der Waals surface area contributed by atoms with Crippen LogP contribution in [0, 0.1) is 5.92 Å². The third-order valence-corrected chi connectivity index (χ3v) is 5.21. The number of hydrazone groups is 1. The highest BCUT2D eigenvalue weighted by Crippen LogP contribution is 2.29. The molecule has 0 unspecified atom stereocenters. The Bertz CT molecular complexity index is 1050. The van der Waals surface area contributed by atoms with Crippen molar-refractivity contribution >= 4 is 18.0 Å². The van der Waals surface area contributed by atoms with Crippen molar-refractivity contribution in [3.05, 3.63) is 102 Å². The highest BCUT2D eigenvalue weighted by molar-refractivity contribution is 6.03. The van der Waals surface area contributed by atoms with Crippen LogP contribution in [0.2, 0.25) is 0 Å². The Morgan fingerprint density at radius 1 is 1.00 bits per heavy atom. The number of rotatable bonds is 7. The van der Waals surface area contributed by atoms with Crippen molar-refractivity contribution in [3.8, 4) is 5.75 Å². The van der Waals surface area contributed by atoms with Gasteiger partial charge in [-0.05, 0) is 41.0 Å². The summed E-state index contributed by atoms with van der Waals surface area (Å²) in [5.41, 5.74) is 5.36. The molecule has 2 N–H and O–H groups in total. The van der Waals surface area contributed by atoms with Crippen LogP contribution >= 0.6 is 0 Å². The van der Waals surface area contributed by atoms with E-state index in [2.05, 4.69) is 15.8 Å². The summed E-state index contributed by atoms with van der Waals surface area (Å²) in [6, 6.07) is 26.9. The van der Waals surface area contributed by atoms with Crippen molar-refractivity contribution in [2.75, 3.05) is 6.54 Å². The fourth-order valence-electron chi connectivity index (χ4n) is 3.56. The highest BCUT2D eigenvalue weighted by Gasteiger charge is 2.40. The highest BCUT2D eigenvalue weighted by atomic mass is 16.5. The Morgan fingerprint density at radius 2 is 1.68 bits per heavy atom. The summed E-state index contributed by atoms with van der Waals surface area (Å²) in [5, 5.41) is 6.80. The molecule has 156 valence electrons. The second-order valence-electron chi connectivity index (χ2n) is 7.32. The van der Waals surface area contributed by atoms with Crippen LogP contribution in [0.5, 0.6) is 5.75 Å². The molecule has 2 amide bonds. The molecule has 0 aliphatic carbocycles. The standard InChI is InChI=1S/C25H23N3O3/c29-24-23(22(16-26-24)20-9-5-2-6-10-20)25(30)28-27-15-18-11-13-21(14-12-18)31-17-19-7-3-1-4-8-19/h1-15,22-23H,16-17H2,(H,26,29)(H,28,30)/b27-15-/t22-,23+/m1/s1. The predicted octanol–water partition coefficient (Wildman–Crippen LogP) is 3.25. The molecule has 6 nitrogen and oxygen atoms in total. The zero-order valence-corrected chi connectivity index (χ0v) is 16.9. The quantitative estimate of drug-likeness (QED) is 0.355. The van der Waals surface area contributed by atoms with Gasteiger partial charge in [-0.2, -0.15) is 5.10 Å². The number of amides is 2. The Balaban J connectivity index is 1.32. The van der Waals surface area contributed by atoms with E-state index in [1.165, 1.54) is 0 Å². The van der Waals surface area contributed by atoms with E-state index in [-0.39, 0.29) is 11.8 Å². The Kier molecular flexibility index (Phi) is 6.38. The zero-order valence-electron chi connectivity index (χ0n) is 16.9. The van der Waals surface area contributed by atoms with Crippen LogP contribution in [0.15, 0.2) is 90.0 Å². The molecule has 1 saturated heterocycles. The van der Waals surface area contributed by atoms with Crippen LogP contribution in [0.4, 0.5) is 0 Å². The molecule has 4 rings (SSSR count). The molecule has 3 aromatic rings. The lowest BCUT2D eigenvalue weighted by atomic mass is 9.88. The van der Waals surface area contributed by atoms with Crippen LogP contribution in [-0.2, 0) is 16.2 Å². The SMILES string of the molecule is O=C1NC[C@H](c2ccccc2)[C@@H]1C(=O)N/N=C\c1ccc(OCc2ccccc2)cc1. The number of nitrogens with one attached hydrogen (secondary N) is 2. The first-order valence-electron chi connectivity index (χ1n) is 10.1. The zero-order chi connectivity index (χ0) is 21.5. The van der Waals surface area contributed by atoms with E-state index >= 15 is 0 Å². The summed E-state index contributed by atoms with van der Waals surface area (Å²) in [4.78, 5) is 24.8. The van der Waals surface area contributed by atoms with Crippen molar-refractivity contribution in [2.45, 2.75) is 12.5 Å². The maximum atomic E-state index is 12.6. The number of benzene rings is 3. The van der Waals surface area contributed by atoms with Crippen LogP contribution in [0.1, 0.15) is 22.6 Å². The second kappa shape index (κ2) is 9.71. The van der Waals surface area contributed by atoms with E-state index in [0.717, 1.165) is 22.4 Å².